The van der Waals surface area contributed by atoms with Gasteiger partial charge >= 0.3 is 5.91 Å². The number of aryl methyl sites for hydroxylation is 2. The Morgan fingerprint density at radius 3 is 2.89 bits per heavy atom. The molecule has 5 nitrogen and oxygen atoms in total. The lowest BCUT2D eigenvalue weighted by atomic mass is 10.2. The number of pyridine rings is 1. The van der Waals surface area contributed by atoms with Crippen LogP contribution in [0.25, 0.3) is 10.2 Å². The highest BCUT2D eigenvalue weighted by atomic mass is 32.1. The lowest BCUT2D eigenvalue weighted by molar-refractivity contribution is 0.0941. The van der Waals surface area contributed by atoms with Gasteiger partial charge in [0.15, 0.2) is 5.76 Å². The number of hydrogen-bond acceptors (Lipinski definition) is 5. The molecule has 0 atom stereocenters. The molecule has 3 rings (SSSR count). The molecule has 0 bridgehead atoms. The molecule has 96 valence electrons. The van der Waals surface area contributed by atoms with E-state index in [1.807, 2.05) is 19.9 Å². The van der Waals surface area contributed by atoms with E-state index in [9.17, 15) is 9.59 Å². The number of hydrogen-bond donors (Lipinski definition) is 0. The highest BCUT2D eigenvalue weighted by Crippen LogP contribution is 2.19. The predicted molar refractivity (Wildman–Crippen MR) is 71.8 cm³/mol. The molecule has 0 aliphatic heterocycles. The molecule has 0 spiro atoms. The maximum atomic E-state index is 12.3. The van der Waals surface area contributed by atoms with Crippen LogP contribution in [0.3, 0.4) is 0 Å². The summed E-state index contributed by atoms with van der Waals surface area (Å²) < 4.78 is 6.12. The number of carbonyl (C=O) groups is 1. The minimum atomic E-state index is -0.463. The fourth-order valence-corrected chi connectivity index (χ4v) is 3.04. The van der Waals surface area contributed by atoms with Crippen molar-refractivity contribution in [1.82, 2.24) is 8.94 Å². The van der Waals surface area contributed by atoms with Crippen molar-refractivity contribution in [3.63, 3.8) is 0 Å². The van der Waals surface area contributed by atoms with Gasteiger partial charge in [0, 0.05) is 5.69 Å². The smallest absolute Gasteiger partial charge is 0.310 e. The number of aromatic nitrogens is 2. The molecule has 0 radical (unpaired) electrons. The number of carbonyl (C=O) groups excluding carboxylic acids is 1. The highest BCUT2D eigenvalue weighted by Gasteiger charge is 2.19. The van der Waals surface area contributed by atoms with Gasteiger partial charge in [-0.1, -0.05) is 0 Å². The molecule has 0 N–H and O–H groups in total. The maximum Gasteiger partial charge on any atom is 0.310 e. The average molecular weight is 274 g/mol. The molecule has 3 aromatic heterocycles. The summed E-state index contributed by atoms with van der Waals surface area (Å²) in [7, 11) is 0. The van der Waals surface area contributed by atoms with E-state index in [4.69, 9.17) is 4.42 Å². The minimum absolute atomic E-state index is 0.142. The summed E-state index contributed by atoms with van der Waals surface area (Å²) in [4.78, 5) is 29.3. The SMILES string of the molecule is Cc1cc(C)c2c(=O)n(C(=O)c3ccco3)sc2n1. The van der Waals surface area contributed by atoms with Crippen molar-refractivity contribution in [3.8, 4) is 0 Å². The lowest BCUT2D eigenvalue weighted by Crippen LogP contribution is -2.21. The predicted octanol–water partition coefficient (Wildman–Crippen LogP) is 2.36. The first-order valence-corrected chi connectivity index (χ1v) is 6.44. The van der Waals surface area contributed by atoms with Crippen molar-refractivity contribution >= 4 is 27.7 Å². The molecule has 0 saturated heterocycles. The summed E-state index contributed by atoms with van der Waals surface area (Å²) in [5.74, 6) is -0.321. The van der Waals surface area contributed by atoms with Crippen LogP contribution >= 0.6 is 11.5 Å². The topological polar surface area (TPSA) is 65.1 Å². The molecule has 0 unspecified atom stereocenters. The standard InChI is InChI=1S/C13H10N2O3S/c1-7-6-8(2)14-11-10(7)13(17)15(19-11)12(16)9-4-3-5-18-9/h3-6H,1-2H3. The van der Waals surface area contributed by atoms with E-state index in [1.165, 1.54) is 12.3 Å². The molecular formula is C13H10N2O3S. The van der Waals surface area contributed by atoms with Crippen LogP contribution in [0.2, 0.25) is 0 Å². The van der Waals surface area contributed by atoms with Crippen molar-refractivity contribution < 1.29 is 9.21 Å². The molecule has 0 aliphatic carbocycles. The summed E-state index contributed by atoms with van der Waals surface area (Å²) in [6, 6.07) is 4.97. The molecular weight excluding hydrogens is 264 g/mol. The first-order chi connectivity index (χ1) is 9.08. The molecule has 19 heavy (non-hydrogen) atoms. The van der Waals surface area contributed by atoms with Crippen LogP contribution in [0.1, 0.15) is 21.8 Å². The zero-order valence-electron chi connectivity index (χ0n) is 10.3. The van der Waals surface area contributed by atoms with Gasteiger partial charge < -0.3 is 4.42 Å². The van der Waals surface area contributed by atoms with E-state index in [2.05, 4.69) is 4.98 Å². The number of nitrogens with zero attached hydrogens (tertiary/aromatic N) is 2. The number of rotatable bonds is 1. The molecule has 0 saturated carbocycles. The van der Waals surface area contributed by atoms with E-state index in [-0.39, 0.29) is 11.3 Å². The normalized spacial score (nSPS) is 11.1. The van der Waals surface area contributed by atoms with Crippen molar-refractivity contribution in [1.29, 1.82) is 0 Å². The van der Waals surface area contributed by atoms with Crippen molar-refractivity contribution in [2.24, 2.45) is 0 Å². The number of furan rings is 1. The Kier molecular flexibility index (Phi) is 2.60. The second-order valence-corrected chi connectivity index (χ2v) is 5.17. The third-order valence-electron chi connectivity index (χ3n) is 2.80. The molecule has 0 aliphatic rings. The van der Waals surface area contributed by atoms with E-state index in [1.54, 1.807) is 6.07 Å². The van der Waals surface area contributed by atoms with Crippen LogP contribution in [-0.4, -0.2) is 14.8 Å². The first-order valence-electron chi connectivity index (χ1n) is 5.66. The van der Waals surface area contributed by atoms with Crippen LogP contribution in [0.4, 0.5) is 0 Å². The Morgan fingerprint density at radius 2 is 2.21 bits per heavy atom. The van der Waals surface area contributed by atoms with Crippen molar-refractivity contribution in [2.45, 2.75) is 13.8 Å². The van der Waals surface area contributed by atoms with E-state index in [0.717, 1.165) is 26.7 Å². The fraction of sp³-hybridized carbons (Fsp3) is 0.154. The van der Waals surface area contributed by atoms with Gasteiger partial charge in [-0.15, -0.1) is 0 Å². The summed E-state index contributed by atoms with van der Waals surface area (Å²) in [6.07, 6.45) is 1.40. The monoisotopic (exact) mass is 274 g/mol. The van der Waals surface area contributed by atoms with Crippen LogP contribution < -0.4 is 5.56 Å². The van der Waals surface area contributed by atoms with Gasteiger partial charge in [-0.3, -0.25) is 9.59 Å². The second kappa shape index (κ2) is 4.17. The Labute approximate surface area is 112 Å². The lowest BCUT2D eigenvalue weighted by Gasteiger charge is -1.94. The fourth-order valence-electron chi connectivity index (χ4n) is 1.99. The zero-order chi connectivity index (χ0) is 13.6. The van der Waals surface area contributed by atoms with Gasteiger partial charge in [0.25, 0.3) is 5.56 Å². The largest absolute Gasteiger partial charge is 0.459 e. The molecule has 0 fully saturated rings. The van der Waals surface area contributed by atoms with Crippen LogP contribution in [0.15, 0.2) is 33.7 Å². The van der Waals surface area contributed by atoms with Crippen molar-refractivity contribution in [3.05, 3.63) is 51.8 Å². The van der Waals surface area contributed by atoms with Crippen LogP contribution in [0.5, 0.6) is 0 Å². The maximum absolute atomic E-state index is 12.3. The Morgan fingerprint density at radius 1 is 1.42 bits per heavy atom. The average Bonchev–Trinajstić information content (AvgIpc) is 2.96. The van der Waals surface area contributed by atoms with E-state index in [0.29, 0.717) is 10.2 Å². The van der Waals surface area contributed by atoms with Gasteiger partial charge in [0.1, 0.15) is 4.83 Å². The van der Waals surface area contributed by atoms with Gasteiger partial charge in [0.05, 0.1) is 11.6 Å². The first kappa shape index (κ1) is 11.9. The quantitative estimate of drug-likeness (QED) is 0.683. The summed E-state index contributed by atoms with van der Waals surface area (Å²) >= 11 is 1.04. The minimum Gasteiger partial charge on any atom is -0.459 e. The molecule has 0 aromatic carbocycles. The third kappa shape index (κ3) is 1.80. The Hall–Kier alpha value is -2.21. The molecule has 3 heterocycles. The van der Waals surface area contributed by atoms with E-state index < -0.39 is 5.91 Å². The molecule has 6 heteroatoms. The zero-order valence-corrected chi connectivity index (χ0v) is 11.2. The Balaban J connectivity index is 2.27. The van der Waals surface area contributed by atoms with Crippen molar-refractivity contribution in [2.75, 3.05) is 0 Å². The van der Waals surface area contributed by atoms with Gasteiger partial charge in [-0.2, -0.15) is 3.96 Å². The Bertz CT molecular complexity index is 828. The van der Waals surface area contributed by atoms with Gasteiger partial charge in [-0.05, 0) is 49.1 Å². The molecule has 3 aromatic rings. The number of fused-ring (bicyclic) bond motifs is 1. The van der Waals surface area contributed by atoms with Gasteiger partial charge in [0.2, 0.25) is 0 Å². The van der Waals surface area contributed by atoms with E-state index >= 15 is 0 Å². The van der Waals surface area contributed by atoms with Gasteiger partial charge in [-0.25, -0.2) is 4.98 Å². The second-order valence-electron chi connectivity index (χ2n) is 4.23. The van der Waals surface area contributed by atoms with Crippen LogP contribution in [0, 0.1) is 13.8 Å². The summed E-state index contributed by atoms with van der Waals surface area (Å²) in [5, 5.41) is 0.496. The molecule has 0 amide bonds. The summed E-state index contributed by atoms with van der Waals surface area (Å²) in [6.45, 7) is 3.70. The van der Waals surface area contributed by atoms with Crippen LogP contribution in [-0.2, 0) is 0 Å². The summed E-state index contributed by atoms with van der Waals surface area (Å²) in [5.41, 5.74) is 1.31. The highest BCUT2D eigenvalue weighted by molar-refractivity contribution is 7.14. The third-order valence-corrected chi connectivity index (χ3v) is 3.79.